The maximum atomic E-state index is 13.1. The number of hydrogen-bond donors (Lipinski definition) is 1. The molecule has 1 unspecified atom stereocenters. The lowest BCUT2D eigenvalue weighted by Crippen LogP contribution is -2.20. The minimum absolute atomic E-state index is 0.0505. The lowest BCUT2D eigenvalue weighted by atomic mass is 10.0. The largest absolute Gasteiger partial charge is 0.311 e. The van der Waals surface area contributed by atoms with Gasteiger partial charge in [-0.15, -0.1) is 0 Å². The van der Waals surface area contributed by atoms with Crippen LogP contribution in [0.4, 0.5) is 4.39 Å². The summed E-state index contributed by atoms with van der Waals surface area (Å²) in [6.07, 6.45) is 3.90. The lowest BCUT2D eigenvalue weighted by Gasteiger charge is -2.15. The van der Waals surface area contributed by atoms with Crippen LogP contribution in [0.1, 0.15) is 17.3 Å². The Labute approximate surface area is 110 Å². The molecule has 94 valence electrons. The van der Waals surface area contributed by atoms with Gasteiger partial charge in [-0.1, -0.05) is 17.7 Å². The second kappa shape index (κ2) is 5.89. The van der Waals surface area contributed by atoms with E-state index in [2.05, 4.69) is 15.3 Å². The molecule has 0 aliphatic heterocycles. The first-order valence-corrected chi connectivity index (χ1v) is 5.95. The van der Waals surface area contributed by atoms with Crippen molar-refractivity contribution in [3.05, 3.63) is 58.9 Å². The SMILES string of the molecule is CNC(Cc1ccc(F)c(Cl)c1)c1ccncn1. The average Bonchev–Trinajstić information content (AvgIpc) is 2.41. The minimum Gasteiger partial charge on any atom is -0.311 e. The van der Waals surface area contributed by atoms with E-state index in [9.17, 15) is 4.39 Å². The fourth-order valence-electron chi connectivity index (χ4n) is 1.76. The van der Waals surface area contributed by atoms with Gasteiger partial charge < -0.3 is 5.32 Å². The molecule has 0 saturated heterocycles. The molecule has 18 heavy (non-hydrogen) atoms. The third-order valence-corrected chi connectivity index (χ3v) is 3.02. The highest BCUT2D eigenvalue weighted by atomic mass is 35.5. The maximum Gasteiger partial charge on any atom is 0.141 e. The number of aromatic nitrogens is 2. The molecule has 2 rings (SSSR count). The van der Waals surface area contributed by atoms with Crippen molar-refractivity contribution in [1.82, 2.24) is 15.3 Å². The second-order valence-corrected chi connectivity index (χ2v) is 4.34. The fraction of sp³-hybridized carbons (Fsp3) is 0.231. The second-order valence-electron chi connectivity index (χ2n) is 3.93. The number of halogens is 2. The standard InChI is InChI=1S/C13H13ClFN3/c1-16-13(12-4-5-17-8-18-12)7-9-2-3-11(15)10(14)6-9/h2-6,8,13,16H,7H2,1H3. The third-order valence-electron chi connectivity index (χ3n) is 2.73. The van der Waals surface area contributed by atoms with Crippen molar-refractivity contribution < 1.29 is 4.39 Å². The Morgan fingerprint density at radius 2 is 2.22 bits per heavy atom. The molecule has 1 heterocycles. The molecule has 1 N–H and O–H groups in total. The summed E-state index contributed by atoms with van der Waals surface area (Å²) in [6.45, 7) is 0. The summed E-state index contributed by atoms with van der Waals surface area (Å²) in [7, 11) is 1.86. The Hall–Kier alpha value is -1.52. The molecule has 1 aromatic heterocycles. The van der Waals surface area contributed by atoms with Crippen molar-refractivity contribution in [2.75, 3.05) is 7.05 Å². The highest BCUT2D eigenvalue weighted by molar-refractivity contribution is 6.30. The molecule has 2 aromatic rings. The molecule has 0 radical (unpaired) electrons. The number of nitrogens with zero attached hydrogens (tertiary/aromatic N) is 2. The first kappa shape index (κ1) is 12.9. The van der Waals surface area contributed by atoms with Crippen LogP contribution in [0.2, 0.25) is 5.02 Å². The summed E-state index contributed by atoms with van der Waals surface area (Å²) in [4.78, 5) is 8.09. The summed E-state index contributed by atoms with van der Waals surface area (Å²) in [5.41, 5.74) is 1.85. The molecule has 0 fully saturated rings. The van der Waals surface area contributed by atoms with E-state index in [0.29, 0.717) is 6.42 Å². The van der Waals surface area contributed by atoms with E-state index in [1.807, 2.05) is 13.1 Å². The number of likely N-dealkylation sites (N-methyl/N-ethyl adjacent to an activating group) is 1. The van der Waals surface area contributed by atoms with Gasteiger partial charge in [-0.3, -0.25) is 0 Å². The van der Waals surface area contributed by atoms with Crippen molar-refractivity contribution >= 4 is 11.6 Å². The molecule has 0 amide bonds. The van der Waals surface area contributed by atoms with Crippen LogP contribution in [0.25, 0.3) is 0 Å². The van der Waals surface area contributed by atoms with Gasteiger partial charge >= 0.3 is 0 Å². The van der Waals surface area contributed by atoms with Crippen LogP contribution in [0.3, 0.4) is 0 Å². The minimum atomic E-state index is -0.400. The highest BCUT2D eigenvalue weighted by Gasteiger charge is 2.12. The van der Waals surface area contributed by atoms with Crippen LogP contribution < -0.4 is 5.32 Å². The summed E-state index contributed by atoms with van der Waals surface area (Å²) in [5, 5.41) is 3.32. The van der Waals surface area contributed by atoms with Gasteiger partial charge in [0, 0.05) is 6.20 Å². The van der Waals surface area contributed by atoms with E-state index in [-0.39, 0.29) is 11.1 Å². The summed E-state index contributed by atoms with van der Waals surface area (Å²) in [5.74, 6) is -0.400. The quantitative estimate of drug-likeness (QED) is 0.924. The number of hydrogen-bond acceptors (Lipinski definition) is 3. The van der Waals surface area contributed by atoms with Crippen molar-refractivity contribution in [2.24, 2.45) is 0 Å². The van der Waals surface area contributed by atoms with E-state index in [0.717, 1.165) is 11.3 Å². The molecule has 1 aromatic carbocycles. The fourth-order valence-corrected chi connectivity index (χ4v) is 1.97. The van der Waals surface area contributed by atoms with Gasteiger partial charge in [0.05, 0.1) is 16.8 Å². The monoisotopic (exact) mass is 265 g/mol. The van der Waals surface area contributed by atoms with Crippen LogP contribution in [0, 0.1) is 5.82 Å². The highest BCUT2D eigenvalue weighted by Crippen LogP contribution is 2.20. The Bertz CT molecular complexity index is 519. The van der Waals surface area contributed by atoms with E-state index >= 15 is 0 Å². The number of benzene rings is 1. The molecule has 0 aliphatic rings. The van der Waals surface area contributed by atoms with E-state index in [1.54, 1.807) is 18.3 Å². The summed E-state index contributed by atoms with van der Waals surface area (Å²) in [6, 6.07) is 6.65. The Balaban J connectivity index is 2.18. The molecule has 3 nitrogen and oxygen atoms in total. The van der Waals surface area contributed by atoms with E-state index < -0.39 is 5.82 Å². The van der Waals surface area contributed by atoms with E-state index in [1.165, 1.54) is 12.4 Å². The predicted octanol–water partition coefficient (Wildman–Crippen LogP) is 2.77. The molecule has 0 aliphatic carbocycles. The first-order chi connectivity index (χ1) is 8.70. The van der Waals surface area contributed by atoms with Crippen LogP contribution in [0.5, 0.6) is 0 Å². The summed E-state index contributed by atoms with van der Waals surface area (Å²) >= 11 is 5.77. The molecular formula is C13H13ClFN3. The number of rotatable bonds is 4. The summed E-state index contributed by atoms with van der Waals surface area (Å²) < 4.78 is 13.1. The van der Waals surface area contributed by atoms with Crippen LogP contribution in [-0.2, 0) is 6.42 Å². The number of nitrogens with one attached hydrogen (secondary N) is 1. The van der Waals surface area contributed by atoms with Gasteiger partial charge in [0.15, 0.2) is 0 Å². The Kier molecular flexibility index (Phi) is 4.23. The first-order valence-electron chi connectivity index (χ1n) is 5.58. The van der Waals surface area contributed by atoms with Crippen molar-refractivity contribution in [3.63, 3.8) is 0 Å². The molecule has 5 heteroatoms. The molecule has 0 spiro atoms. The molecular weight excluding hydrogens is 253 g/mol. The van der Waals surface area contributed by atoms with Gasteiger partial charge in [-0.25, -0.2) is 14.4 Å². The molecule has 0 saturated carbocycles. The van der Waals surface area contributed by atoms with Gasteiger partial charge in [-0.05, 0) is 37.2 Å². The van der Waals surface area contributed by atoms with Crippen molar-refractivity contribution in [1.29, 1.82) is 0 Å². The maximum absolute atomic E-state index is 13.1. The van der Waals surface area contributed by atoms with Crippen LogP contribution >= 0.6 is 11.6 Å². The zero-order chi connectivity index (χ0) is 13.0. The third kappa shape index (κ3) is 3.03. The predicted molar refractivity (Wildman–Crippen MR) is 68.9 cm³/mol. The van der Waals surface area contributed by atoms with Crippen molar-refractivity contribution in [3.8, 4) is 0 Å². The molecule has 1 atom stereocenters. The average molecular weight is 266 g/mol. The van der Waals surface area contributed by atoms with Gasteiger partial charge in [0.1, 0.15) is 12.1 Å². The zero-order valence-corrected chi connectivity index (χ0v) is 10.7. The Morgan fingerprint density at radius 1 is 1.39 bits per heavy atom. The van der Waals surface area contributed by atoms with Crippen LogP contribution in [0.15, 0.2) is 36.8 Å². The van der Waals surface area contributed by atoms with Crippen molar-refractivity contribution in [2.45, 2.75) is 12.5 Å². The lowest BCUT2D eigenvalue weighted by molar-refractivity contribution is 0.572. The van der Waals surface area contributed by atoms with E-state index in [4.69, 9.17) is 11.6 Å². The smallest absolute Gasteiger partial charge is 0.141 e. The van der Waals surface area contributed by atoms with Gasteiger partial charge in [-0.2, -0.15) is 0 Å². The Morgan fingerprint density at radius 3 is 2.83 bits per heavy atom. The van der Waals surface area contributed by atoms with Gasteiger partial charge in [0.25, 0.3) is 0 Å². The molecule has 0 bridgehead atoms. The normalized spacial score (nSPS) is 12.4. The topological polar surface area (TPSA) is 37.8 Å². The van der Waals surface area contributed by atoms with Gasteiger partial charge in [0.2, 0.25) is 0 Å². The zero-order valence-electron chi connectivity index (χ0n) is 9.90. The van der Waals surface area contributed by atoms with Crippen LogP contribution in [-0.4, -0.2) is 17.0 Å².